The van der Waals surface area contributed by atoms with Crippen molar-refractivity contribution in [1.29, 1.82) is 0 Å². The fraction of sp³-hybridized carbons (Fsp3) is 0.889. The summed E-state index contributed by atoms with van der Waals surface area (Å²) < 4.78 is 5.37. The molecule has 0 aromatic carbocycles. The van der Waals surface area contributed by atoms with Crippen LogP contribution in [0.2, 0.25) is 0 Å². The number of amides is 1. The minimum Gasteiger partial charge on any atom is -0.479 e. The second-order valence-electron chi connectivity index (χ2n) is 8.28. The first kappa shape index (κ1) is 19.0. The Bertz CT molecular complexity index is 448. The van der Waals surface area contributed by atoms with Crippen LogP contribution in [0.5, 0.6) is 0 Å². The SMILES string of the molecule is CC(C)(C)OC(=O)N[C@@](CC1CCNCC1)(C(=O)O)C1CCCC1. The Hall–Kier alpha value is -1.30. The van der Waals surface area contributed by atoms with Crippen molar-refractivity contribution in [2.75, 3.05) is 13.1 Å². The molecule has 0 radical (unpaired) electrons. The van der Waals surface area contributed by atoms with Gasteiger partial charge < -0.3 is 20.5 Å². The summed E-state index contributed by atoms with van der Waals surface area (Å²) in [4.78, 5) is 24.7. The number of alkyl carbamates (subject to hydrolysis) is 1. The summed E-state index contributed by atoms with van der Waals surface area (Å²) in [6.45, 7) is 7.20. The number of carbonyl (C=O) groups is 2. The Morgan fingerprint density at radius 1 is 1.12 bits per heavy atom. The molecular weight excluding hydrogens is 308 g/mol. The summed E-state index contributed by atoms with van der Waals surface area (Å²) in [7, 11) is 0. The Kier molecular flexibility index (Phi) is 6.12. The first-order chi connectivity index (χ1) is 11.2. The van der Waals surface area contributed by atoms with Crippen molar-refractivity contribution in [3.8, 4) is 0 Å². The van der Waals surface area contributed by atoms with E-state index in [0.29, 0.717) is 12.3 Å². The summed E-state index contributed by atoms with van der Waals surface area (Å²) in [6.07, 6.45) is 5.55. The largest absolute Gasteiger partial charge is 0.479 e. The van der Waals surface area contributed by atoms with Crippen LogP contribution in [0.15, 0.2) is 0 Å². The maximum Gasteiger partial charge on any atom is 0.408 e. The quantitative estimate of drug-likeness (QED) is 0.716. The van der Waals surface area contributed by atoms with E-state index in [1.807, 2.05) is 0 Å². The number of hydrogen-bond acceptors (Lipinski definition) is 4. The van der Waals surface area contributed by atoms with Gasteiger partial charge in [-0.2, -0.15) is 0 Å². The molecule has 1 aliphatic heterocycles. The van der Waals surface area contributed by atoms with Gasteiger partial charge in [0.15, 0.2) is 0 Å². The number of carbonyl (C=O) groups excluding carboxylic acids is 1. The van der Waals surface area contributed by atoms with Crippen LogP contribution in [-0.4, -0.2) is 41.4 Å². The van der Waals surface area contributed by atoms with Crippen LogP contribution in [0.4, 0.5) is 4.79 Å². The van der Waals surface area contributed by atoms with Crippen molar-refractivity contribution in [3.63, 3.8) is 0 Å². The lowest BCUT2D eigenvalue weighted by Crippen LogP contribution is -2.60. The molecule has 1 amide bonds. The zero-order chi connectivity index (χ0) is 17.8. The molecule has 0 bridgehead atoms. The van der Waals surface area contributed by atoms with Gasteiger partial charge in [-0.3, -0.25) is 0 Å². The van der Waals surface area contributed by atoms with E-state index in [4.69, 9.17) is 4.74 Å². The van der Waals surface area contributed by atoms with Crippen molar-refractivity contribution in [2.24, 2.45) is 11.8 Å². The molecule has 0 aromatic rings. The number of aliphatic carboxylic acids is 1. The van der Waals surface area contributed by atoms with E-state index >= 15 is 0 Å². The summed E-state index contributed by atoms with van der Waals surface area (Å²) in [5.74, 6) is -0.617. The Balaban J connectivity index is 2.20. The van der Waals surface area contributed by atoms with Crippen molar-refractivity contribution >= 4 is 12.1 Å². The van der Waals surface area contributed by atoms with Gasteiger partial charge in [0.1, 0.15) is 11.1 Å². The summed E-state index contributed by atoms with van der Waals surface area (Å²) in [6, 6.07) is 0. The molecule has 2 aliphatic rings. The molecule has 2 rings (SSSR count). The Morgan fingerprint density at radius 2 is 1.71 bits per heavy atom. The normalized spacial score (nSPS) is 22.8. The predicted molar refractivity (Wildman–Crippen MR) is 91.9 cm³/mol. The maximum atomic E-state index is 12.4. The zero-order valence-corrected chi connectivity index (χ0v) is 15.2. The van der Waals surface area contributed by atoms with E-state index in [1.54, 1.807) is 20.8 Å². The zero-order valence-electron chi connectivity index (χ0n) is 15.2. The van der Waals surface area contributed by atoms with E-state index in [2.05, 4.69) is 10.6 Å². The van der Waals surface area contributed by atoms with Gasteiger partial charge in [-0.25, -0.2) is 9.59 Å². The third-order valence-electron chi connectivity index (χ3n) is 5.23. The van der Waals surface area contributed by atoms with Gasteiger partial charge in [-0.05, 0) is 77.8 Å². The predicted octanol–water partition coefficient (Wildman–Crippen LogP) is 2.91. The maximum absolute atomic E-state index is 12.4. The first-order valence-electron chi connectivity index (χ1n) is 9.18. The molecule has 0 spiro atoms. The van der Waals surface area contributed by atoms with E-state index < -0.39 is 23.2 Å². The van der Waals surface area contributed by atoms with Gasteiger partial charge in [-0.15, -0.1) is 0 Å². The second-order valence-corrected chi connectivity index (χ2v) is 8.28. The van der Waals surface area contributed by atoms with E-state index in [1.165, 1.54) is 0 Å². The molecule has 6 nitrogen and oxygen atoms in total. The van der Waals surface area contributed by atoms with Crippen LogP contribution in [0.1, 0.15) is 65.7 Å². The minimum atomic E-state index is -1.21. The fourth-order valence-electron chi connectivity index (χ4n) is 4.08. The van der Waals surface area contributed by atoms with Gasteiger partial charge in [0.05, 0.1) is 0 Å². The van der Waals surface area contributed by atoms with Crippen LogP contribution >= 0.6 is 0 Å². The number of carboxylic acid groups (broad SMARTS) is 1. The molecule has 3 N–H and O–H groups in total. The van der Waals surface area contributed by atoms with Gasteiger partial charge in [0, 0.05) is 0 Å². The van der Waals surface area contributed by atoms with Crippen molar-refractivity contribution in [1.82, 2.24) is 10.6 Å². The summed E-state index contributed by atoms with van der Waals surface area (Å²) in [5.41, 5.74) is -1.85. The average Bonchev–Trinajstić information content (AvgIpc) is 2.99. The van der Waals surface area contributed by atoms with Crippen molar-refractivity contribution in [3.05, 3.63) is 0 Å². The molecule has 1 heterocycles. The third-order valence-corrected chi connectivity index (χ3v) is 5.23. The molecule has 0 aromatic heterocycles. The molecule has 1 saturated carbocycles. The molecule has 2 fully saturated rings. The minimum absolute atomic E-state index is 0.0163. The molecule has 1 atom stereocenters. The van der Waals surface area contributed by atoms with E-state index in [-0.39, 0.29) is 5.92 Å². The second kappa shape index (κ2) is 7.72. The van der Waals surface area contributed by atoms with Gasteiger partial charge in [0.25, 0.3) is 0 Å². The van der Waals surface area contributed by atoms with Crippen LogP contribution in [0.25, 0.3) is 0 Å². The highest BCUT2D eigenvalue weighted by Crippen LogP contribution is 2.40. The molecule has 6 heteroatoms. The molecule has 0 unspecified atom stereocenters. The first-order valence-corrected chi connectivity index (χ1v) is 9.18. The van der Waals surface area contributed by atoms with Crippen LogP contribution < -0.4 is 10.6 Å². The highest BCUT2D eigenvalue weighted by Gasteiger charge is 2.49. The highest BCUT2D eigenvalue weighted by molar-refractivity contribution is 5.85. The van der Waals surface area contributed by atoms with Gasteiger partial charge in [-0.1, -0.05) is 12.8 Å². The smallest absolute Gasteiger partial charge is 0.408 e. The van der Waals surface area contributed by atoms with Crippen LogP contribution in [0.3, 0.4) is 0 Å². The monoisotopic (exact) mass is 340 g/mol. The molecule has 1 aliphatic carbocycles. The Morgan fingerprint density at radius 3 is 2.21 bits per heavy atom. The number of ether oxygens (including phenoxy) is 1. The molecule has 138 valence electrons. The number of nitrogens with one attached hydrogen (secondary N) is 2. The van der Waals surface area contributed by atoms with Gasteiger partial charge in [0.2, 0.25) is 0 Å². The van der Waals surface area contributed by atoms with E-state index in [9.17, 15) is 14.7 Å². The average molecular weight is 340 g/mol. The molecule has 1 saturated heterocycles. The lowest BCUT2D eigenvalue weighted by atomic mass is 9.74. The standard InChI is InChI=1S/C18H32N2O4/c1-17(2,3)24-16(23)20-18(15(21)22,14-6-4-5-7-14)12-13-8-10-19-11-9-13/h13-14,19H,4-12H2,1-3H3,(H,20,23)(H,21,22)/t18-/m1/s1. The molecular formula is C18H32N2O4. The topological polar surface area (TPSA) is 87.7 Å². The Labute approximate surface area is 144 Å². The molecule has 24 heavy (non-hydrogen) atoms. The highest BCUT2D eigenvalue weighted by atomic mass is 16.6. The van der Waals surface area contributed by atoms with Crippen molar-refractivity contribution in [2.45, 2.75) is 76.9 Å². The third kappa shape index (κ3) is 4.85. The number of piperidine rings is 1. The van der Waals surface area contributed by atoms with Gasteiger partial charge >= 0.3 is 12.1 Å². The van der Waals surface area contributed by atoms with Crippen LogP contribution in [0, 0.1) is 11.8 Å². The number of rotatable bonds is 5. The lowest BCUT2D eigenvalue weighted by Gasteiger charge is -2.39. The number of carboxylic acids is 1. The van der Waals surface area contributed by atoms with E-state index in [0.717, 1.165) is 51.6 Å². The number of hydrogen-bond donors (Lipinski definition) is 3. The van der Waals surface area contributed by atoms with Crippen LogP contribution in [-0.2, 0) is 9.53 Å². The summed E-state index contributed by atoms with van der Waals surface area (Å²) in [5, 5.41) is 16.2. The van der Waals surface area contributed by atoms with Crippen molar-refractivity contribution < 1.29 is 19.4 Å². The fourth-order valence-corrected chi connectivity index (χ4v) is 4.08. The summed E-state index contributed by atoms with van der Waals surface area (Å²) >= 11 is 0. The lowest BCUT2D eigenvalue weighted by molar-refractivity contribution is -0.148.